The quantitative estimate of drug-likeness (QED) is 0.329. The average Bonchev–Trinajstić information content (AvgIpc) is 3.13. The van der Waals surface area contributed by atoms with Gasteiger partial charge in [0.05, 0.1) is 24.3 Å². The van der Waals surface area contributed by atoms with E-state index in [-0.39, 0.29) is 24.0 Å². The van der Waals surface area contributed by atoms with E-state index in [2.05, 4.69) is 58.4 Å². The number of thiophene rings is 1. The van der Waals surface area contributed by atoms with Gasteiger partial charge in [-0.05, 0) is 30.4 Å². The number of hydrogen-bond donors (Lipinski definition) is 2. The first-order chi connectivity index (χ1) is 12.1. The predicted molar refractivity (Wildman–Crippen MR) is 121 cm³/mol. The van der Waals surface area contributed by atoms with Crippen molar-refractivity contribution in [1.29, 1.82) is 0 Å². The summed E-state index contributed by atoms with van der Waals surface area (Å²) < 4.78 is 5.49. The van der Waals surface area contributed by atoms with Crippen LogP contribution >= 0.6 is 35.3 Å². The molecular formula is C18H33IN4O2S. The standard InChI is InChI=1S/C18H32N4O2S.HI/c1-4-19-18(20-12-16(23)14-24-13-15(2)3)22-9-7-21(8-10-22)17-6-5-11-25-17;/h5-6,11,15-16,23H,4,7-10,12-14H2,1-3H3,(H,19,20);1H. The van der Waals surface area contributed by atoms with E-state index in [1.165, 1.54) is 5.00 Å². The molecule has 0 radical (unpaired) electrons. The Morgan fingerprint density at radius 1 is 1.31 bits per heavy atom. The summed E-state index contributed by atoms with van der Waals surface area (Å²) >= 11 is 1.79. The lowest BCUT2D eigenvalue weighted by Gasteiger charge is -2.37. The summed E-state index contributed by atoms with van der Waals surface area (Å²) in [7, 11) is 0. The number of anilines is 1. The highest BCUT2D eigenvalue weighted by Gasteiger charge is 2.20. The molecule has 0 bridgehead atoms. The van der Waals surface area contributed by atoms with Crippen molar-refractivity contribution in [2.45, 2.75) is 26.9 Å². The maximum Gasteiger partial charge on any atom is 0.194 e. The molecule has 2 N–H and O–H groups in total. The Morgan fingerprint density at radius 3 is 2.62 bits per heavy atom. The first-order valence-corrected chi connectivity index (χ1v) is 10.1. The van der Waals surface area contributed by atoms with Crippen LogP contribution in [0.4, 0.5) is 5.00 Å². The minimum absolute atomic E-state index is 0. The highest BCUT2D eigenvalue weighted by molar-refractivity contribution is 14.0. The van der Waals surface area contributed by atoms with Gasteiger partial charge >= 0.3 is 0 Å². The Morgan fingerprint density at radius 2 is 2.04 bits per heavy atom. The first-order valence-electron chi connectivity index (χ1n) is 9.17. The fraction of sp³-hybridized carbons (Fsp3) is 0.722. The van der Waals surface area contributed by atoms with Gasteiger partial charge in [-0.25, -0.2) is 0 Å². The maximum atomic E-state index is 10.1. The lowest BCUT2D eigenvalue weighted by Crippen LogP contribution is -2.52. The molecule has 1 aliphatic heterocycles. The second-order valence-electron chi connectivity index (χ2n) is 6.71. The molecule has 1 atom stereocenters. The number of ether oxygens (including phenoxy) is 1. The van der Waals surface area contributed by atoms with Gasteiger partial charge in [0, 0.05) is 39.3 Å². The third-order valence-corrected chi connectivity index (χ3v) is 4.87. The van der Waals surface area contributed by atoms with E-state index in [0.717, 1.165) is 38.7 Å². The monoisotopic (exact) mass is 496 g/mol. The summed E-state index contributed by atoms with van der Waals surface area (Å²) in [6.07, 6.45) is -0.556. The van der Waals surface area contributed by atoms with E-state index >= 15 is 0 Å². The highest BCUT2D eigenvalue weighted by Crippen LogP contribution is 2.22. The van der Waals surface area contributed by atoms with Crippen molar-refractivity contribution in [3.05, 3.63) is 17.5 Å². The maximum absolute atomic E-state index is 10.1. The summed E-state index contributed by atoms with van der Waals surface area (Å²) in [5.41, 5.74) is 0. The molecule has 0 aromatic carbocycles. The van der Waals surface area contributed by atoms with Crippen LogP contribution in [0.1, 0.15) is 20.8 Å². The smallest absolute Gasteiger partial charge is 0.194 e. The fourth-order valence-electron chi connectivity index (χ4n) is 2.70. The lowest BCUT2D eigenvalue weighted by molar-refractivity contribution is 0.0300. The summed E-state index contributed by atoms with van der Waals surface area (Å²) in [5, 5.41) is 16.9. The van der Waals surface area contributed by atoms with Gasteiger partial charge in [-0.15, -0.1) is 35.3 Å². The van der Waals surface area contributed by atoms with E-state index in [1.807, 2.05) is 0 Å². The fourth-order valence-corrected chi connectivity index (χ4v) is 3.48. The van der Waals surface area contributed by atoms with Crippen molar-refractivity contribution >= 4 is 46.3 Å². The van der Waals surface area contributed by atoms with Crippen LogP contribution in [0.2, 0.25) is 0 Å². The van der Waals surface area contributed by atoms with Crippen LogP contribution in [0.5, 0.6) is 0 Å². The highest BCUT2D eigenvalue weighted by atomic mass is 127. The second-order valence-corrected chi connectivity index (χ2v) is 7.63. The third-order valence-electron chi connectivity index (χ3n) is 3.95. The molecular weight excluding hydrogens is 463 g/mol. The van der Waals surface area contributed by atoms with Gasteiger partial charge in [0.2, 0.25) is 0 Å². The molecule has 0 spiro atoms. The molecule has 1 aliphatic rings. The molecule has 6 nitrogen and oxygen atoms in total. The van der Waals surface area contributed by atoms with Gasteiger partial charge in [-0.3, -0.25) is 4.99 Å². The second kappa shape index (κ2) is 12.7. The van der Waals surface area contributed by atoms with Gasteiger partial charge in [0.1, 0.15) is 0 Å². The SMILES string of the molecule is CCNC(=NCC(O)COCC(C)C)N1CCN(c2cccs2)CC1.I. The third kappa shape index (κ3) is 7.98. The number of nitrogens with one attached hydrogen (secondary N) is 1. The van der Waals surface area contributed by atoms with Gasteiger partial charge in [0.15, 0.2) is 5.96 Å². The molecule has 2 rings (SSSR count). The summed E-state index contributed by atoms with van der Waals surface area (Å²) in [6, 6.07) is 4.27. The number of rotatable bonds is 8. The lowest BCUT2D eigenvalue weighted by atomic mass is 10.2. The van der Waals surface area contributed by atoms with Crippen LogP contribution in [0.3, 0.4) is 0 Å². The van der Waals surface area contributed by atoms with Gasteiger partial charge in [-0.1, -0.05) is 13.8 Å². The minimum Gasteiger partial charge on any atom is -0.389 e. The molecule has 0 amide bonds. The van der Waals surface area contributed by atoms with Gasteiger partial charge in [0.25, 0.3) is 0 Å². The molecule has 1 aromatic rings. The number of nitrogens with zero attached hydrogens (tertiary/aromatic N) is 3. The molecule has 0 aliphatic carbocycles. The van der Waals surface area contributed by atoms with Crippen LogP contribution < -0.4 is 10.2 Å². The first kappa shape index (κ1) is 23.5. The molecule has 1 saturated heterocycles. The zero-order valence-electron chi connectivity index (χ0n) is 16.1. The van der Waals surface area contributed by atoms with Crippen molar-refractivity contribution in [3.8, 4) is 0 Å². The number of guanidine groups is 1. The summed E-state index contributed by atoms with van der Waals surface area (Å²) in [6.45, 7) is 12.3. The molecule has 1 fully saturated rings. The van der Waals surface area contributed by atoms with Crippen LogP contribution in [0.15, 0.2) is 22.5 Å². The number of aliphatic hydroxyl groups excluding tert-OH is 1. The Balaban J connectivity index is 0.00000338. The van der Waals surface area contributed by atoms with Crippen LogP contribution in [0, 0.1) is 5.92 Å². The zero-order valence-corrected chi connectivity index (χ0v) is 19.2. The largest absolute Gasteiger partial charge is 0.389 e. The van der Waals surface area contributed by atoms with Crippen LogP contribution in [-0.2, 0) is 4.74 Å². The minimum atomic E-state index is -0.556. The Kier molecular flexibility index (Phi) is 11.5. The van der Waals surface area contributed by atoms with E-state index in [0.29, 0.717) is 25.7 Å². The van der Waals surface area contributed by atoms with Crippen molar-refractivity contribution < 1.29 is 9.84 Å². The van der Waals surface area contributed by atoms with Gasteiger partial charge in [-0.2, -0.15) is 0 Å². The van der Waals surface area contributed by atoms with E-state index in [1.54, 1.807) is 11.3 Å². The number of piperazine rings is 1. The summed E-state index contributed by atoms with van der Waals surface area (Å²) in [5.74, 6) is 1.36. The summed E-state index contributed by atoms with van der Waals surface area (Å²) in [4.78, 5) is 9.30. The van der Waals surface area contributed by atoms with Crippen molar-refractivity contribution in [2.75, 3.05) is 57.4 Å². The van der Waals surface area contributed by atoms with E-state index in [4.69, 9.17) is 4.74 Å². The van der Waals surface area contributed by atoms with Crippen molar-refractivity contribution in [3.63, 3.8) is 0 Å². The zero-order chi connectivity index (χ0) is 18.1. The molecule has 1 unspecified atom stereocenters. The molecule has 2 heterocycles. The Hall–Kier alpha value is -0.580. The molecule has 0 saturated carbocycles. The molecule has 8 heteroatoms. The topological polar surface area (TPSA) is 60.3 Å². The molecule has 1 aromatic heterocycles. The van der Waals surface area contributed by atoms with Crippen molar-refractivity contribution in [2.24, 2.45) is 10.9 Å². The number of hydrogen-bond acceptors (Lipinski definition) is 5. The predicted octanol–water partition coefficient (Wildman–Crippen LogP) is 2.49. The molecule has 150 valence electrons. The number of aliphatic hydroxyl groups is 1. The van der Waals surface area contributed by atoms with E-state index < -0.39 is 6.10 Å². The Labute approximate surface area is 178 Å². The molecule has 26 heavy (non-hydrogen) atoms. The number of aliphatic imine (C=N–C) groups is 1. The van der Waals surface area contributed by atoms with Crippen LogP contribution in [0.25, 0.3) is 0 Å². The van der Waals surface area contributed by atoms with Crippen molar-refractivity contribution in [1.82, 2.24) is 10.2 Å². The normalized spacial score (nSPS) is 16.6. The average molecular weight is 496 g/mol. The van der Waals surface area contributed by atoms with Gasteiger partial charge < -0.3 is 25.0 Å². The van der Waals surface area contributed by atoms with Crippen LogP contribution in [-0.4, -0.2) is 74.6 Å². The number of halogens is 1. The Bertz CT molecular complexity index is 505. The van der Waals surface area contributed by atoms with E-state index in [9.17, 15) is 5.11 Å².